The van der Waals surface area contributed by atoms with Gasteiger partial charge in [-0.3, -0.25) is 4.79 Å². The molecule has 0 radical (unpaired) electrons. The van der Waals surface area contributed by atoms with Gasteiger partial charge in [-0.25, -0.2) is 0 Å². The van der Waals surface area contributed by atoms with Gasteiger partial charge in [0.15, 0.2) is 0 Å². The fourth-order valence-electron chi connectivity index (χ4n) is 6.31. The summed E-state index contributed by atoms with van der Waals surface area (Å²) in [6, 6.07) is 0. The van der Waals surface area contributed by atoms with Gasteiger partial charge in [0, 0.05) is 6.42 Å². The van der Waals surface area contributed by atoms with Gasteiger partial charge in [0.1, 0.15) is 0 Å². The normalized spacial score (nSPS) is 38.5. The first-order chi connectivity index (χ1) is 12.7. The van der Waals surface area contributed by atoms with Crippen LogP contribution in [0.15, 0.2) is 12.7 Å². The topological polar surface area (TPSA) is 26.3 Å². The van der Waals surface area contributed by atoms with Crippen molar-refractivity contribution in [2.75, 3.05) is 7.11 Å². The Morgan fingerprint density at radius 3 is 1.65 bits per heavy atom. The smallest absolute Gasteiger partial charge is 0.305 e. The summed E-state index contributed by atoms with van der Waals surface area (Å²) in [7, 11) is 1.50. The lowest BCUT2D eigenvalue weighted by molar-refractivity contribution is -0.141. The predicted molar refractivity (Wildman–Crippen MR) is 108 cm³/mol. The molecular formula is C24H40O2. The van der Waals surface area contributed by atoms with E-state index in [9.17, 15) is 4.79 Å². The Morgan fingerprint density at radius 2 is 1.23 bits per heavy atom. The Labute approximate surface area is 161 Å². The number of hydrogen-bond donors (Lipinski definition) is 0. The van der Waals surface area contributed by atoms with E-state index in [2.05, 4.69) is 12.7 Å². The minimum atomic E-state index is -0.0347. The van der Waals surface area contributed by atoms with Crippen molar-refractivity contribution in [3.8, 4) is 0 Å². The highest BCUT2D eigenvalue weighted by atomic mass is 16.5. The summed E-state index contributed by atoms with van der Waals surface area (Å²) in [4.78, 5) is 11.3. The molecule has 3 aliphatic carbocycles. The Kier molecular flexibility index (Phi) is 7.64. The van der Waals surface area contributed by atoms with Gasteiger partial charge in [0.2, 0.25) is 0 Å². The second kappa shape index (κ2) is 9.95. The van der Waals surface area contributed by atoms with Gasteiger partial charge in [0.25, 0.3) is 0 Å². The van der Waals surface area contributed by atoms with E-state index < -0.39 is 0 Å². The Bertz CT molecular complexity index is 433. The van der Waals surface area contributed by atoms with E-state index in [4.69, 9.17) is 4.74 Å². The molecule has 0 bridgehead atoms. The molecule has 3 rings (SSSR count). The van der Waals surface area contributed by atoms with Crippen LogP contribution in [-0.4, -0.2) is 13.1 Å². The molecular weight excluding hydrogens is 320 g/mol. The summed E-state index contributed by atoms with van der Waals surface area (Å²) in [5.41, 5.74) is 0. The van der Waals surface area contributed by atoms with E-state index in [1.807, 2.05) is 0 Å². The molecule has 3 saturated carbocycles. The molecule has 0 aromatic carbocycles. The molecule has 3 aliphatic rings. The minimum Gasteiger partial charge on any atom is -0.469 e. The van der Waals surface area contributed by atoms with Crippen LogP contribution in [-0.2, 0) is 9.53 Å². The maximum absolute atomic E-state index is 11.3. The molecule has 0 spiro atoms. The number of carbonyl (C=O) groups excluding carboxylic acids is 1. The lowest BCUT2D eigenvalue weighted by Crippen LogP contribution is -2.29. The molecule has 0 aromatic rings. The van der Waals surface area contributed by atoms with Gasteiger partial charge in [-0.1, -0.05) is 18.9 Å². The summed E-state index contributed by atoms with van der Waals surface area (Å²) >= 11 is 0. The predicted octanol–water partition coefficient (Wildman–Crippen LogP) is 6.54. The summed E-state index contributed by atoms with van der Waals surface area (Å²) < 4.78 is 4.79. The van der Waals surface area contributed by atoms with Crippen molar-refractivity contribution >= 4 is 5.97 Å². The van der Waals surface area contributed by atoms with Crippen molar-refractivity contribution < 1.29 is 9.53 Å². The van der Waals surface area contributed by atoms with Crippen LogP contribution in [0, 0.1) is 35.5 Å². The fourth-order valence-corrected chi connectivity index (χ4v) is 6.31. The number of ether oxygens (including phenoxy) is 1. The first-order valence-corrected chi connectivity index (χ1v) is 11.4. The third-order valence-electron chi connectivity index (χ3n) is 8.18. The van der Waals surface area contributed by atoms with Gasteiger partial charge in [-0.05, 0) is 106 Å². The summed E-state index contributed by atoms with van der Waals surface area (Å²) in [6.45, 7) is 3.99. The average molecular weight is 361 g/mol. The molecule has 0 heterocycles. The van der Waals surface area contributed by atoms with E-state index >= 15 is 0 Å². The monoisotopic (exact) mass is 360 g/mol. The Balaban J connectivity index is 1.34. The van der Waals surface area contributed by atoms with Gasteiger partial charge < -0.3 is 4.74 Å². The van der Waals surface area contributed by atoms with Crippen LogP contribution < -0.4 is 0 Å². The summed E-state index contributed by atoms with van der Waals surface area (Å²) in [5, 5.41) is 0. The van der Waals surface area contributed by atoms with Gasteiger partial charge in [-0.15, -0.1) is 6.58 Å². The molecule has 0 aliphatic heterocycles. The molecule has 3 fully saturated rings. The van der Waals surface area contributed by atoms with Crippen molar-refractivity contribution in [3.63, 3.8) is 0 Å². The van der Waals surface area contributed by atoms with Crippen molar-refractivity contribution in [3.05, 3.63) is 12.7 Å². The number of methoxy groups -OCH3 is 1. The molecule has 0 unspecified atom stereocenters. The van der Waals surface area contributed by atoms with Gasteiger partial charge in [0.05, 0.1) is 7.11 Å². The second-order valence-electron chi connectivity index (χ2n) is 9.48. The largest absolute Gasteiger partial charge is 0.469 e. The molecule has 0 N–H and O–H groups in total. The van der Waals surface area contributed by atoms with Crippen molar-refractivity contribution in [1.82, 2.24) is 0 Å². The Hall–Kier alpha value is -0.790. The molecule has 148 valence electrons. The van der Waals surface area contributed by atoms with Crippen LogP contribution in [0.1, 0.15) is 89.9 Å². The molecule has 2 heteroatoms. The molecule has 2 nitrogen and oxygen atoms in total. The van der Waals surface area contributed by atoms with Crippen LogP contribution in [0.2, 0.25) is 0 Å². The van der Waals surface area contributed by atoms with Gasteiger partial charge >= 0.3 is 5.97 Å². The lowest BCUT2D eigenvalue weighted by atomic mass is 9.65. The number of hydrogen-bond acceptors (Lipinski definition) is 2. The van der Waals surface area contributed by atoms with E-state index in [0.717, 1.165) is 41.9 Å². The third kappa shape index (κ3) is 5.36. The maximum Gasteiger partial charge on any atom is 0.305 e. The van der Waals surface area contributed by atoms with E-state index in [-0.39, 0.29) is 5.97 Å². The first-order valence-electron chi connectivity index (χ1n) is 11.4. The van der Waals surface area contributed by atoms with E-state index in [1.165, 1.54) is 84.2 Å². The standard InChI is InChI=1S/C24H40O2/c1-3-18-4-9-20(10-5-18)22-13-15-23(16-14-22)21-11-6-19(7-12-21)8-17-24(25)26-2/h3,18-23H,1,4-17H2,2H3/t18-,19?,20-,21?,22?,23?. The molecule has 26 heavy (non-hydrogen) atoms. The zero-order valence-electron chi connectivity index (χ0n) is 17.0. The first kappa shape index (κ1) is 20.0. The van der Waals surface area contributed by atoms with Crippen LogP contribution in [0.4, 0.5) is 0 Å². The van der Waals surface area contributed by atoms with Crippen LogP contribution in [0.25, 0.3) is 0 Å². The second-order valence-corrected chi connectivity index (χ2v) is 9.48. The summed E-state index contributed by atoms with van der Waals surface area (Å²) in [6.07, 6.45) is 21.0. The van der Waals surface area contributed by atoms with Crippen LogP contribution in [0.5, 0.6) is 0 Å². The van der Waals surface area contributed by atoms with Crippen molar-refractivity contribution in [2.24, 2.45) is 35.5 Å². The zero-order chi connectivity index (χ0) is 18.4. The fraction of sp³-hybridized carbons (Fsp3) is 0.875. The molecule has 0 aromatic heterocycles. The molecule has 0 atom stereocenters. The SMILES string of the molecule is C=C[C@H]1CC[C@H](C2CCC(C3CCC(CCC(=O)OC)CC3)CC2)CC1. The van der Waals surface area contributed by atoms with Gasteiger partial charge in [-0.2, -0.15) is 0 Å². The highest BCUT2D eigenvalue weighted by Gasteiger charge is 2.34. The highest BCUT2D eigenvalue weighted by molar-refractivity contribution is 5.69. The average Bonchev–Trinajstić information content (AvgIpc) is 2.72. The summed E-state index contributed by atoms with van der Waals surface area (Å²) in [5.74, 6) is 5.54. The molecule has 0 saturated heterocycles. The maximum atomic E-state index is 11.3. The number of allylic oxidation sites excluding steroid dienone is 1. The van der Waals surface area contributed by atoms with Crippen LogP contribution in [0.3, 0.4) is 0 Å². The number of rotatable bonds is 6. The highest BCUT2D eigenvalue weighted by Crippen LogP contribution is 2.46. The minimum absolute atomic E-state index is 0.0347. The van der Waals surface area contributed by atoms with E-state index in [1.54, 1.807) is 0 Å². The number of carbonyl (C=O) groups is 1. The van der Waals surface area contributed by atoms with E-state index in [0.29, 0.717) is 6.42 Å². The van der Waals surface area contributed by atoms with Crippen LogP contribution >= 0.6 is 0 Å². The quantitative estimate of drug-likeness (QED) is 0.397. The van der Waals surface area contributed by atoms with Crippen molar-refractivity contribution in [2.45, 2.75) is 89.9 Å². The Morgan fingerprint density at radius 1 is 0.808 bits per heavy atom. The third-order valence-corrected chi connectivity index (χ3v) is 8.18. The zero-order valence-corrected chi connectivity index (χ0v) is 17.0. The number of esters is 1. The molecule has 0 amide bonds. The van der Waals surface area contributed by atoms with Crippen molar-refractivity contribution in [1.29, 1.82) is 0 Å². The lowest BCUT2D eigenvalue weighted by Gasteiger charge is -2.41.